The van der Waals surface area contributed by atoms with Gasteiger partial charge in [-0.2, -0.15) is 0 Å². The molecule has 1 heteroatoms. The number of aliphatic hydroxyl groups excluding tert-OH is 1. The van der Waals surface area contributed by atoms with Crippen LogP contribution in [-0.4, -0.2) is 5.11 Å². The van der Waals surface area contributed by atoms with Crippen LogP contribution < -0.4 is 0 Å². The lowest BCUT2D eigenvalue weighted by atomic mass is 10.0. The van der Waals surface area contributed by atoms with Gasteiger partial charge in [-0.3, -0.25) is 0 Å². The Hall–Kier alpha value is -1.86. The van der Waals surface area contributed by atoms with Crippen molar-refractivity contribution < 1.29 is 5.11 Å². The van der Waals surface area contributed by atoms with Crippen LogP contribution in [0.1, 0.15) is 24.2 Å². The minimum Gasteiger partial charge on any atom is -0.384 e. The second-order valence-electron chi connectivity index (χ2n) is 4.11. The molecule has 0 radical (unpaired) electrons. The Kier molecular flexibility index (Phi) is 3.73. The standard InChI is InChI=1S/C16H16O/c1-13(12-14-8-4-2-5-9-14)16(17)15-10-6-3-7-11-15/h2-12,16-17H,1H3. The molecule has 1 unspecified atom stereocenters. The molecule has 0 saturated heterocycles. The van der Waals surface area contributed by atoms with E-state index in [2.05, 4.69) is 0 Å². The van der Waals surface area contributed by atoms with E-state index in [1.54, 1.807) is 0 Å². The van der Waals surface area contributed by atoms with E-state index < -0.39 is 6.10 Å². The highest BCUT2D eigenvalue weighted by molar-refractivity contribution is 5.53. The largest absolute Gasteiger partial charge is 0.384 e. The van der Waals surface area contributed by atoms with E-state index in [-0.39, 0.29) is 0 Å². The van der Waals surface area contributed by atoms with E-state index in [4.69, 9.17) is 0 Å². The highest BCUT2D eigenvalue weighted by Crippen LogP contribution is 2.22. The van der Waals surface area contributed by atoms with Crippen LogP contribution in [0.4, 0.5) is 0 Å². The van der Waals surface area contributed by atoms with Gasteiger partial charge in [0.2, 0.25) is 0 Å². The smallest absolute Gasteiger partial charge is 0.100 e. The first-order valence-electron chi connectivity index (χ1n) is 5.73. The molecular weight excluding hydrogens is 208 g/mol. The molecule has 0 spiro atoms. The fourth-order valence-electron chi connectivity index (χ4n) is 1.79. The minimum atomic E-state index is -0.531. The van der Waals surface area contributed by atoms with Gasteiger partial charge in [0.25, 0.3) is 0 Å². The Bertz CT molecular complexity index is 485. The quantitative estimate of drug-likeness (QED) is 0.840. The maximum Gasteiger partial charge on any atom is 0.100 e. The summed E-state index contributed by atoms with van der Waals surface area (Å²) in [5.74, 6) is 0. The summed E-state index contributed by atoms with van der Waals surface area (Å²) in [7, 11) is 0. The monoisotopic (exact) mass is 224 g/mol. The van der Waals surface area contributed by atoms with Gasteiger partial charge in [0.15, 0.2) is 0 Å². The van der Waals surface area contributed by atoms with Gasteiger partial charge < -0.3 is 5.11 Å². The van der Waals surface area contributed by atoms with Gasteiger partial charge in [-0.15, -0.1) is 0 Å². The summed E-state index contributed by atoms with van der Waals surface area (Å²) in [5, 5.41) is 10.2. The molecule has 2 aromatic carbocycles. The second-order valence-corrected chi connectivity index (χ2v) is 4.11. The fraction of sp³-hybridized carbons (Fsp3) is 0.125. The maximum atomic E-state index is 10.2. The Morgan fingerprint density at radius 3 is 2.06 bits per heavy atom. The summed E-state index contributed by atoms with van der Waals surface area (Å²) in [6, 6.07) is 19.7. The van der Waals surface area contributed by atoms with Crippen LogP contribution in [0.3, 0.4) is 0 Å². The van der Waals surface area contributed by atoms with Gasteiger partial charge in [0, 0.05) is 0 Å². The Morgan fingerprint density at radius 1 is 0.941 bits per heavy atom. The van der Waals surface area contributed by atoms with Gasteiger partial charge in [-0.25, -0.2) is 0 Å². The molecule has 1 nitrogen and oxygen atoms in total. The molecule has 0 amide bonds. The average Bonchev–Trinajstić information content (AvgIpc) is 2.40. The van der Waals surface area contributed by atoms with E-state index in [9.17, 15) is 5.11 Å². The van der Waals surface area contributed by atoms with Crippen molar-refractivity contribution in [1.82, 2.24) is 0 Å². The maximum absolute atomic E-state index is 10.2. The third kappa shape index (κ3) is 3.05. The van der Waals surface area contributed by atoms with Gasteiger partial charge in [-0.1, -0.05) is 66.7 Å². The summed E-state index contributed by atoms with van der Waals surface area (Å²) in [4.78, 5) is 0. The zero-order chi connectivity index (χ0) is 12.1. The van der Waals surface area contributed by atoms with Crippen LogP contribution in [-0.2, 0) is 0 Å². The van der Waals surface area contributed by atoms with Crippen molar-refractivity contribution in [2.45, 2.75) is 13.0 Å². The Labute approximate surface area is 102 Å². The molecule has 0 fully saturated rings. The molecule has 2 rings (SSSR count). The minimum absolute atomic E-state index is 0.531. The van der Waals surface area contributed by atoms with E-state index in [0.717, 1.165) is 16.7 Å². The van der Waals surface area contributed by atoms with Crippen LogP contribution in [0, 0.1) is 0 Å². The summed E-state index contributed by atoms with van der Waals surface area (Å²) in [6.07, 6.45) is 1.48. The molecule has 0 aromatic heterocycles. The van der Waals surface area contributed by atoms with Crippen molar-refractivity contribution in [1.29, 1.82) is 0 Å². The molecule has 0 bridgehead atoms. The number of hydrogen-bond acceptors (Lipinski definition) is 1. The summed E-state index contributed by atoms with van der Waals surface area (Å²) < 4.78 is 0. The topological polar surface area (TPSA) is 20.2 Å². The van der Waals surface area contributed by atoms with Gasteiger partial charge >= 0.3 is 0 Å². The first-order chi connectivity index (χ1) is 8.27. The SMILES string of the molecule is CC(=Cc1ccccc1)C(O)c1ccccc1. The van der Waals surface area contributed by atoms with Crippen LogP contribution in [0.15, 0.2) is 66.2 Å². The van der Waals surface area contributed by atoms with Crippen molar-refractivity contribution >= 4 is 6.08 Å². The number of aliphatic hydroxyl groups is 1. The van der Waals surface area contributed by atoms with Crippen molar-refractivity contribution in [3.05, 3.63) is 77.4 Å². The molecular formula is C16H16O. The van der Waals surface area contributed by atoms with Gasteiger partial charge in [0.1, 0.15) is 6.10 Å². The lowest BCUT2D eigenvalue weighted by molar-refractivity contribution is 0.217. The van der Waals surface area contributed by atoms with Crippen LogP contribution in [0.25, 0.3) is 6.08 Å². The molecule has 17 heavy (non-hydrogen) atoms. The van der Waals surface area contributed by atoms with Gasteiger partial charge in [0.05, 0.1) is 0 Å². The zero-order valence-corrected chi connectivity index (χ0v) is 9.88. The first kappa shape index (κ1) is 11.6. The summed E-state index contributed by atoms with van der Waals surface area (Å²) >= 11 is 0. The molecule has 2 aromatic rings. The molecule has 1 atom stereocenters. The van der Waals surface area contributed by atoms with E-state index in [1.807, 2.05) is 73.7 Å². The molecule has 0 saturated carbocycles. The molecule has 0 aliphatic carbocycles. The number of hydrogen-bond donors (Lipinski definition) is 1. The predicted octanol–water partition coefficient (Wildman–Crippen LogP) is 3.82. The van der Waals surface area contributed by atoms with Crippen molar-refractivity contribution in [2.24, 2.45) is 0 Å². The molecule has 0 aliphatic rings. The van der Waals surface area contributed by atoms with E-state index in [0.29, 0.717) is 0 Å². The molecule has 86 valence electrons. The number of benzene rings is 2. The Morgan fingerprint density at radius 2 is 1.47 bits per heavy atom. The van der Waals surface area contributed by atoms with E-state index >= 15 is 0 Å². The van der Waals surface area contributed by atoms with Crippen molar-refractivity contribution in [2.75, 3.05) is 0 Å². The summed E-state index contributed by atoms with van der Waals surface area (Å²) in [6.45, 7) is 1.95. The third-order valence-electron chi connectivity index (χ3n) is 2.74. The lowest BCUT2D eigenvalue weighted by Gasteiger charge is -2.11. The molecule has 0 heterocycles. The lowest BCUT2D eigenvalue weighted by Crippen LogP contribution is -1.98. The van der Waals surface area contributed by atoms with Crippen LogP contribution in [0.2, 0.25) is 0 Å². The fourth-order valence-corrected chi connectivity index (χ4v) is 1.79. The first-order valence-corrected chi connectivity index (χ1v) is 5.73. The molecule has 0 aliphatic heterocycles. The van der Waals surface area contributed by atoms with Crippen LogP contribution >= 0.6 is 0 Å². The van der Waals surface area contributed by atoms with Crippen LogP contribution in [0.5, 0.6) is 0 Å². The third-order valence-corrected chi connectivity index (χ3v) is 2.74. The highest BCUT2D eigenvalue weighted by Gasteiger charge is 2.08. The van der Waals surface area contributed by atoms with Crippen molar-refractivity contribution in [3.63, 3.8) is 0 Å². The number of rotatable bonds is 3. The van der Waals surface area contributed by atoms with E-state index in [1.165, 1.54) is 0 Å². The zero-order valence-electron chi connectivity index (χ0n) is 9.88. The molecule has 1 N–H and O–H groups in total. The Balaban J connectivity index is 2.21. The second kappa shape index (κ2) is 5.46. The average molecular weight is 224 g/mol. The highest BCUT2D eigenvalue weighted by atomic mass is 16.3. The van der Waals surface area contributed by atoms with Gasteiger partial charge in [-0.05, 0) is 23.6 Å². The normalized spacial score (nSPS) is 13.4. The predicted molar refractivity (Wildman–Crippen MR) is 71.5 cm³/mol. The van der Waals surface area contributed by atoms with Crippen molar-refractivity contribution in [3.8, 4) is 0 Å². The summed E-state index contributed by atoms with van der Waals surface area (Å²) in [5.41, 5.74) is 2.99.